The zero-order chi connectivity index (χ0) is 16.6. The van der Waals surface area contributed by atoms with Crippen molar-refractivity contribution in [1.82, 2.24) is 5.32 Å². The Labute approximate surface area is 142 Å². The Kier molecular flexibility index (Phi) is 5.85. The fourth-order valence-corrected chi connectivity index (χ4v) is 2.68. The summed E-state index contributed by atoms with van der Waals surface area (Å²) in [5, 5.41) is 3.10. The van der Waals surface area contributed by atoms with Gasteiger partial charge in [0.15, 0.2) is 0 Å². The average Bonchev–Trinajstić information content (AvgIpc) is 3.46. The molecule has 24 heavy (non-hydrogen) atoms. The van der Waals surface area contributed by atoms with Crippen LogP contribution in [0.3, 0.4) is 0 Å². The molecule has 0 bridgehead atoms. The van der Waals surface area contributed by atoms with Crippen molar-refractivity contribution in [3.05, 3.63) is 66.2 Å². The Hall–Kier alpha value is -2.33. The number of amides is 1. The second-order valence-corrected chi connectivity index (χ2v) is 6.01. The Bertz CT molecular complexity index is 626. The van der Waals surface area contributed by atoms with Gasteiger partial charge in [0, 0.05) is 0 Å². The molecule has 1 saturated carbocycles. The average molecular weight is 325 g/mol. The van der Waals surface area contributed by atoms with Gasteiger partial charge in [0.05, 0.1) is 12.6 Å². The Morgan fingerprint density at radius 2 is 1.67 bits per heavy atom. The second-order valence-electron chi connectivity index (χ2n) is 6.01. The van der Waals surface area contributed by atoms with Crippen LogP contribution in [0.1, 0.15) is 24.4 Å². The molecule has 1 amide bonds. The molecule has 4 nitrogen and oxygen atoms in total. The van der Waals surface area contributed by atoms with Crippen molar-refractivity contribution in [2.75, 3.05) is 19.8 Å². The fourth-order valence-electron chi connectivity index (χ4n) is 2.68. The number of para-hydroxylation sites is 1. The lowest BCUT2D eigenvalue weighted by molar-refractivity contribution is -0.126. The van der Waals surface area contributed by atoms with E-state index in [0.29, 0.717) is 19.1 Å². The molecule has 0 radical (unpaired) electrons. The summed E-state index contributed by atoms with van der Waals surface area (Å²) in [6, 6.07) is 19.8. The van der Waals surface area contributed by atoms with Crippen LogP contribution in [0.25, 0.3) is 0 Å². The number of hydrogen-bond acceptors (Lipinski definition) is 3. The summed E-state index contributed by atoms with van der Waals surface area (Å²) in [4.78, 5) is 12.1. The summed E-state index contributed by atoms with van der Waals surface area (Å²) >= 11 is 0. The molecule has 1 aliphatic carbocycles. The lowest BCUT2D eigenvalue weighted by atomic mass is 10.0. The standard InChI is InChI=1S/C20H23NO3/c22-19(15-23-13-14-24-18-9-5-2-6-10-18)21-20(17-11-12-17)16-7-3-1-4-8-16/h1-10,17,20H,11-15H2,(H,21,22)/t20-/m1/s1. The smallest absolute Gasteiger partial charge is 0.246 e. The lowest BCUT2D eigenvalue weighted by Crippen LogP contribution is -2.33. The van der Waals surface area contributed by atoms with E-state index in [1.165, 1.54) is 18.4 Å². The van der Waals surface area contributed by atoms with Gasteiger partial charge in [-0.3, -0.25) is 4.79 Å². The maximum atomic E-state index is 12.1. The summed E-state index contributed by atoms with van der Waals surface area (Å²) in [5.41, 5.74) is 1.17. The van der Waals surface area contributed by atoms with Crippen LogP contribution in [0.15, 0.2) is 60.7 Å². The first kappa shape index (κ1) is 16.5. The van der Waals surface area contributed by atoms with Gasteiger partial charge in [-0.15, -0.1) is 0 Å². The van der Waals surface area contributed by atoms with Gasteiger partial charge in [-0.05, 0) is 36.5 Å². The molecule has 126 valence electrons. The van der Waals surface area contributed by atoms with Gasteiger partial charge < -0.3 is 14.8 Å². The third-order valence-corrected chi connectivity index (χ3v) is 4.04. The highest BCUT2D eigenvalue weighted by Gasteiger charge is 2.33. The van der Waals surface area contributed by atoms with Gasteiger partial charge in [-0.1, -0.05) is 48.5 Å². The van der Waals surface area contributed by atoms with Crippen LogP contribution in [0.2, 0.25) is 0 Å². The van der Waals surface area contributed by atoms with Crippen molar-refractivity contribution < 1.29 is 14.3 Å². The Morgan fingerprint density at radius 3 is 2.33 bits per heavy atom. The van der Waals surface area contributed by atoms with E-state index in [1.54, 1.807) is 0 Å². The van der Waals surface area contributed by atoms with E-state index in [-0.39, 0.29) is 18.6 Å². The molecule has 3 rings (SSSR count). The first-order chi connectivity index (χ1) is 11.8. The summed E-state index contributed by atoms with van der Waals surface area (Å²) in [7, 11) is 0. The maximum absolute atomic E-state index is 12.1. The molecule has 0 aromatic heterocycles. The Morgan fingerprint density at radius 1 is 1.00 bits per heavy atom. The first-order valence-electron chi connectivity index (χ1n) is 8.43. The van der Waals surface area contributed by atoms with Crippen molar-refractivity contribution in [2.24, 2.45) is 5.92 Å². The molecule has 1 N–H and O–H groups in total. The SMILES string of the molecule is O=C(COCCOc1ccccc1)N[C@H](c1ccccc1)C1CC1. The number of carbonyl (C=O) groups excluding carboxylic acids is 1. The number of benzene rings is 2. The van der Waals surface area contributed by atoms with E-state index < -0.39 is 0 Å². The van der Waals surface area contributed by atoms with E-state index in [4.69, 9.17) is 9.47 Å². The highest BCUT2D eigenvalue weighted by atomic mass is 16.5. The van der Waals surface area contributed by atoms with Crippen molar-refractivity contribution in [3.8, 4) is 5.75 Å². The van der Waals surface area contributed by atoms with Gasteiger partial charge in [0.25, 0.3) is 0 Å². The zero-order valence-electron chi connectivity index (χ0n) is 13.7. The number of ether oxygens (including phenoxy) is 2. The summed E-state index contributed by atoms with van der Waals surface area (Å²) < 4.78 is 10.9. The van der Waals surface area contributed by atoms with Gasteiger partial charge in [-0.2, -0.15) is 0 Å². The zero-order valence-corrected chi connectivity index (χ0v) is 13.7. The van der Waals surface area contributed by atoms with E-state index in [1.807, 2.05) is 48.5 Å². The molecule has 4 heteroatoms. The molecule has 0 unspecified atom stereocenters. The van der Waals surface area contributed by atoms with Gasteiger partial charge in [0.1, 0.15) is 19.0 Å². The summed E-state index contributed by atoms with van der Waals surface area (Å²) in [6.45, 7) is 0.887. The van der Waals surface area contributed by atoms with E-state index >= 15 is 0 Å². The van der Waals surface area contributed by atoms with Crippen LogP contribution in [-0.4, -0.2) is 25.7 Å². The number of hydrogen-bond donors (Lipinski definition) is 1. The molecule has 1 fully saturated rings. The Balaban J connectivity index is 1.37. The lowest BCUT2D eigenvalue weighted by Gasteiger charge is -2.18. The minimum absolute atomic E-state index is 0.0637. The molecule has 0 aliphatic heterocycles. The molecule has 1 aliphatic rings. The van der Waals surface area contributed by atoms with E-state index in [2.05, 4.69) is 17.4 Å². The second kappa shape index (κ2) is 8.50. The maximum Gasteiger partial charge on any atom is 0.246 e. The molecular weight excluding hydrogens is 302 g/mol. The summed E-state index contributed by atoms with van der Waals surface area (Å²) in [6.07, 6.45) is 2.34. The number of nitrogens with one attached hydrogen (secondary N) is 1. The van der Waals surface area contributed by atoms with Crippen molar-refractivity contribution in [2.45, 2.75) is 18.9 Å². The highest BCUT2D eigenvalue weighted by Crippen LogP contribution is 2.40. The predicted octanol–water partition coefficient (Wildman–Crippen LogP) is 3.35. The van der Waals surface area contributed by atoms with E-state index in [0.717, 1.165) is 5.75 Å². The largest absolute Gasteiger partial charge is 0.491 e. The van der Waals surface area contributed by atoms with Crippen LogP contribution in [-0.2, 0) is 9.53 Å². The monoisotopic (exact) mass is 325 g/mol. The molecule has 0 heterocycles. The molecular formula is C20H23NO3. The van der Waals surface area contributed by atoms with Gasteiger partial charge >= 0.3 is 0 Å². The van der Waals surface area contributed by atoms with Crippen LogP contribution in [0.4, 0.5) is 0 Å². The fraction of sp³-hybridized carbons (Fsp3) is 0.350. The topological polar surface area (TPSA) is 47.6 Å². The summed E-state index contributed by atoms with van der Waals surface area (Å²) in [5.74, 6) is 1.29. The van der Waals surface area contributed by atoms with Crippen molar-refractivity contribution >= 4 is 5.91 Å². The van der Waals surface area contributed by atoms with Crippen LogP contribution < -0.4 is 10.1 Å². The third-order valence-electron chi connectivity index (χ3n) is 4.04. The van der Waals surface area contributed by atoms with E-state index in [9.17, 15) is 4.79 Å². The predicted molar refractivity (Wildman–Crippen MR) is 92.8 cm³/mol. The third kappa shape index (κ3) is 5.10. The molecule has 1 atom stereocenters. The van der Waals surface area contributed by atoms with Crippen LogP contribution >= 0.6 is 0 Å². The van der Waals surface area contributed by atoms with Crippen LogP contribution in [0, 0.1) is 5.92 Å². The molecule has 0 saturated heterocycles. The normalized spacial score (nSPS) is 14.8. The molecule has 0 spiro atoms. The first-order valence-corrected chi connectivity index (χ1v) is 8.43. The molecule has 2 aromatic rings. The van der Waals surface area contributed by atoms with Gasteiger partial charge in [0.2, 0.25) is 5.91 Å². The van der Waals surface area contributed by atoms with Crippen LogP contribution in [0.5, 0.6) is 5.75 Å². The number of carbonyl (C=O) groups is 1. The minimum Gasteiger partial charge on any atom is -0.491 e. The molecule has 2 aromatic carbocycles. The highest BCUT2D eigenvalue weighted by molar-refractivity contribution is 5.77. The minimum atomic E-state index is -0.0736. The quantitative estimate of drug-likeness (QED) is 0.719. The van der Waals surface area contributed by atoms with Crippen molar-refractivity contribution in [1.29, 1.82) is 0 Å². The van der Waals surface area contributed by atoms with Crippen molar-refractivity contribution in [3.63, 3.8) is 0 Å². The van der Waals surface area contributed by atoms with Gasteiger partial charge in [-0.25, -0.2) is 0 Å². The number of rotatable bonds is 9.